The van der Waals surface area contributed by atoms with E-state index in [0.717, 1.165) is 108 Å². The first-order valence-corrected chi connectivity index (χ1v) is 23.4. The Morgan fingerprint density at radius 1 is 0.950 bits per heavy atom. The van der Waals surface area contributed by atoms with Crippen LogP contribution in [0.1, 0.15) is 107 Å². The molecule has 0 radical (unpaired) electrons. The number of methoxy groups -OCH3 is 1. The van der Waals surface area contributed by atoms with Gasteiger partial charge >= 0.3 is 0 Å². The van der Waals surface area contributed by atoms with E-state index in [-0.39, 0.29) is 12.2 Å². The topological polar surface area (TPSA) is 93.0 Å². The van der Waals surface area contributed by atoms with Crippen molar-refractivity contribution in [3.8, 4) is 34.4 Å². The highest BCUT2D eigenvalue weighted by molar-refractivity contribution is 6.35. The Labute approximate surface area is 366 Å². The lowest BCUT2D eigenvalue weighted by Gasteiger charge is -2.46. The van der Waals surface area contributed by atoms with Crippen molar-refractivity contribution in [3.63, 3.8) is 0 Å². The van der Waals surface area contributed by atoms with Gasteiger partial charge in [0.1, 0.15) is 36.0 Å². The molecule has 0 bridgehead atoms. The summed E-state index contributed by atoms with van der Waals surface area (Å²) in [6.45, 7) is 3.87. The zero-order valence-corrected chi connectivity index (χ0v) is 36.7. The first-order chi connectivity index (χ1) is 29.2. The fraction of sp³-hybridized carbons (Fsp3) is 0.549. The number of aliphatic hydroxyl groups excluding tert-OH is 1. The number of ether oxygens (including phenoxy) is 4. The number of nitrogens with zero attached hydrogens (tertiary/aromatic N) is 1. The zero-order valence-electron chi connectivity index (χ0n) is 35.2. The highest BCUT2D eigenvalue weighted by atomic mass is 35.5. The molecule has 0 aromatic heterocycles. The number of benzene rings is 3. The van der Waals surface area contributed by atoms with Crippen LogP contribution in [0.5, 0.6) is 17.2 Å². The third kappa shape index (κ3) is 8.82. The summed E-state index contributed by atoms with van der Waals surface area (Å²) < 4.78 is 25.2. The van der Waals surface area contributed by atoms with Crippen molar-refractivity contribution < 1.29 is 24.1 Å². The van der Waals surface area contributed by atoms with E-state index in [4.69, 9.17) is 42.1 Å². The molecule has 6 atom stereocenters. The number of fused-ring (bicyclic) bond motifs is 2. The minimum Gasteiger partial charge on any atom is -0.492 e. The molecule has 3 unspecified atom stereocenters. The molecule has 3 aromatic carbocycles. The van der Waals surface area contributed by atoms with E-state index in [1.54, 1.807) is 6.20 Å². The summed E-state index contributed by atoms with van der Waals surface area (Å²) in [4.78, 5) is 0. The van der Waals surface area contributed by atoms with Crippen molar-refractivity contribution in [2.24, 2.45) is 35.0 Å². The van der Waals surface area contributed by atoms with Gasteiger partial charge in [-0.05, 0) is 165 Å². The largest absolute Gasteiger partial charge is 0.492 e. The summed E-state index contributed by atoms with van der Waals surface area (Å²) in [5.41, 5.74) is 7.69. The van der Waals surface area contributed by atoms with Gasteiger partial charge < -0.3 is 29.4 Å². The molecule has 318 valence electrons. The van der Waals surface area contributed by atoms with E-state index in [1.165, 1.54) is 44.1 Å². The van der Waals surface area contributed by atoms with Gasteiger partial charge in [0, 0.05) is 31.5 Å². The zero-order chi connectivity index (χ0) is 41.4. The molecule has 1 aliphatic heterocycles. The number of unbranched alkanes of at least 4 members (excludes halogenated alkanes) is 1. The number of hydrogen-bond acceptors (Lipinski definition) is 7. The monoisotopic (exact) mass is 850 g/mol. The van der Waals surface area contributed by atoms with E-state index < -0.39 is 0 Å². The molecule has 4 saturated carbocycles. The first kappa shape index (κ1) is 41.7. The number of nitriles is 1. The van der Waals surface area contributed by atoms with E-state index in [9.17, 15) is 10.4 Å². The Balaban J connectivity index is 0.845. The van der Waals surface area contributed by atoms with Crippen molar-refractivity contribution in [1.82, 2.24) is 5.32 Å². The number of rotatable bonds is 17. The second-order valence-corrected chi connectivity index (χ2v) is 19.8. The first-order valence-electron chi connectivity index (χ1n) is 22.6. The minimum atomic E-state index is -0.212. The predicted octanol–water partition coefficient (Wildman–Crippen LogP) is 11.8. The molecule has 1 spiro atoms. The van der Waals surface area contributed by atoms with Gasteiger partial charge in [-0.25, -0.2) is 0 Å². The van der Waals surface area contributed by atoms with Gasteiger partial charge in [0.15, 0.2) is 0 Å². The van der Waals surface area contributed by atoms with E-state index in [1.807, 2.05) is 37.5 Å². The van der Waals surface area contributed by atoms with Gasteiger partial charge in [-0.1, -0.05) is 66.9 Å². The second kappa shape index (κ2) is 18.0. The summed E-state index contributed by atoms with van der Waals surface area (Å²) in [7, 11) is 1.86. The third-order valence-electron chi connectivity index (χ3n) is 14.9. The van der Waals surface area contributed by atoms with Crippen LogP contribution in [0, 0.1) is 46.3 Å². The van der Waals surface area contributed by atoms with Crippen LogP contribution in [0.25, 0.3) is 11.1 Å². The maximum atomic E-state index is 10.5. The van der Waals surface area contributed by atoms with Crippen LogP contribution < -0.4 is 19.5 Å². The third-order valence-corrected chi connectivity index (χ3v) is 15.6. The summed E-state index contributed by atoms with van der Waals surface area (Å²) in [6, 6.07) is 18.7. The van der Waals surface area contributed by atoms with Gasteiger partial charge in [0.2, 0.25) is 0 Å². The number of hydrogen-bond donors (Lipinski definition) is 2. The average Bonchev–Trinajstić information content (AvgIpc) is 3.60. The van der Waals surface area contributed by atoms with Crippen molar-refractivity contribution >= 4 is 23.2 Å². The molecule has 4 fully saturated rings. The lowest BCUT2D eigenvalue weighted by atomic mass is 9.63. The van der Waals surface area contributed by atoms with Crippen LogP contribution in [-0.2, 0) is 17.6 Å². The molecule has 6 aliphatic rings. The van der Waals surface area contributed by atoms with Crippen LogP contribution in [0.4, 0.5) is 0 Å². The molecule has 3 aromatic rings. The molecular formula is C51H60Cl2N2O5. The van der Waals surface area contributed by atoms with Gasteiger partial charge in [0.05, 0.1) is 34.4 Å². The van der Waals surface area contributed by atoms with Crippen LogP contribution in [0.3, 0.4) is 0 Å². The van der Waals surface area contributed by atoms with Crippen LogP contribution in [-0.4, -0.2) is 44.2 Å². The van der Waals surface area contributed by atoms with Crippen LogP contribution in [0.15, 0.2) is 72.0 Å². The number of allylic oxidation sites excluding steroid dienone is 2. The molecule has 0 saturated heterocycles. The molecule has 0 amide bonds. The molecule has 60 heavy (non-hydrogen) atoms. The summed E-state index contributed by atoms with van der Waals surface area (Å²) in [5, 5.41) is 24.4. The van der Waals surface area contributed by atoms with Crippen molar-refractivity contribution in [2.75, 3.05) is 26.9 Å². The molecule has 9 heteroatoms. The van der Waals surface area contributed by atoms with Crippen molar-refractivity contribution in [3.05, 3.63) is 98.7 Å². The standard InChI is InChI=1S/C51H60Cl2N2O5/c1-31(18-34-8-5-13-45(34)56)19-35-21-44(52)49(22-48(35)59-30-33-20-32(27-54)28-55-29-33)60-46-16-15-39-37(10-6-11-40(39)46)41-12-7-14-47(50(41)53)58-17-4-3-9-38-42-25-51(26-43(38)42)23-36(24-51)57-2/h6-7,10-12,14,20-22,28,31,34,36,38,42-43,45-46,55-56H,3-5,8-9,13,15-19,23-26,29-30H2,1-2H3/t31?,34-,36?,38?,42?,43?,45+,46-,51?/m0/s1. The van der Waals surface area contributed by atoms with Gasteiger partial charge in [0.25, 0.3) is 0 Å². The maximum absolute atomic E-state index is 10.5. The predicted molar refractivity (Wildman–Crippen MR) is 238 cm³/mol. The van der Waals surface area contributed by atoms with Crippen LogP contribution >= 0.6 is 23.2 Å². The highest BCUT2D eigenvalue weighted by Crippen LogP contribution is 2.70. The van der Waals surface area contributed by atoms with Crippen LogP contribution in [0.2, 0.25) is 10.0 Å². The van der Waals surface area contributed by atoms with Gasteiger partial charge in [-0.2, -0.15) is 5.26 Å². The van der Waals surface area contributed by atoms with Crippen molar-refractivity contribution in [1.29, 1.82) is 5.26 Å². The van der Waals surface area contributed by atoms with Gasteiger partial charge in [-0.15, -0.1) is 0 Å². The lowest BCUT2D eigenvalue weighted by molar-refractivity contribution is -0.0639. The molecule has 7 nitrogen and oxygen atoms in total. The fourth-order valence-electron chi connectivity index (χ4n) is 11.8. The van der Waals surface area contributed by atoms with E-state index in [2.05, 4.69) is 42.6 Å². The number of halogens is 2. The minimum absolute atomic E-state index is 0.182. The van der Waals surface area contributed by atoms with Gasteiger partial charge in [-0.3, -0.25) is 0 Å². The fourth-order valence-corrected chi connectivity index (χ4v) is 12.4. The van der Waals surface area contributed by atoms with Crippen molar-refractivity contribution in [2.45, 2.75) is 115 Å². The molecule has 9 rings (SSSR count). The summed E-state index contributed by atoms with van der Waals surface area (Å²) in [6.07, 6.45) is 19.2. The Morgan fingerprint density at radius 2 is 1.77 bits per heavy atom. The Morgan fingerprint density at radius 3 is 2.55 bits per heavy atom. The SMILES string of the molecule is COC1CC2(C1)CC1C(CCCCOc3cccc(-c4cccc5c4CC[C@@H]5Oc4cc(OCC5=CC(C#N)=CNC5)c(CC(C)C[C@@H]5CCC[C@H]5O)cc4Cl)c3Cl)C1C2. The second-order valence-electron chi connectivity index (χ2n) is 19.0. The van der Waals surface area contributed by atoms with E-state index >= 15 is 0 Å². The smallest absolute Gasteiger partial charge is 0.142 e. The Hall–Kier alpha value is -3.67. The molecular weight excluding hydrogens is 791 g/mol. The Kier molecular flexibility index (Phi) is 12.5. The highest BCUT2D eigenvalue weighted by Gasteiger charge is 2.63. The summed E-state index contributed by atoms with van der Waals surface area (Å²) in [5.74, 6) is 5.59. The number of nitrogens with one attached hydrogen (secondary N) is 1. The molecule has 2 N–H and O–H groups in total. The number of dihydropyridines is 1. The quantitative estimate of drug-likeness (QED) is 0.131. The average molecular weight is 852 g/mol. The van der Waals surface area contributed by atoms with E-state index in [0.29, 0.717) is 64.5 Å². The normalized spacial score (nSPS) is 29.1. The Bertz CT molecular complexity index is 2140. The summed E-state index contributed by atoms with van der Waals surface area (Å²) >= 11 is 14.2. The maximum Gasteiger partial charge on any atom is 0.142 e. The molecule has 1 heterocycles. The molecule has 5 aliphatic carbocycles. The lowest BCUT2D eigenvalue weighted by Crippen LogP contribution is -2.41. The number of aliphatic hydroxyl groups is 1.